The SMILES string of the molecule is COc1ccc(Cl)cc1NC(=O)C1CCCN(c2c(Cc3ccccc3)c(C)nc3ncnn23)C1. The van der Waals surface area contributed by atoms with E-state index in [0.29, 0.717) is 28.8 Å². The lowest BCUT2D eigenvalue weighted by Crippen LogP contribution is -2.42. The van der Waals surface area contributed by atoms with E-state index in [1.807, 2.05) is 25.1 Å². The van der Waals surface area contributed by atoms with E-state index in [4.69, 9.17) is 16.3 Å². The average molecular weight is 491 g/mol. The normalized spacial score (nSPS) is 15.9. The Labute approximate surface area is 208 Å². The van der Waals surface area contributed by atoms with Crippen LogP contribution < -0.4 is 15.0 Å². The van der Waals surface area contributed by atoms with Crippen molar-refractivity contribution < 1.29 is 9.53 Å². The number of nitrogens with one attached hydrogen (secondary N) is 1. The zero-order valence-corrected chi connectivity index (χ0v) is 20.5. The Morgan fingerprint density at radius 1 is 1.23 bits per heavy atom. The van der Waals surface area contributed by atoms with E-state index in [2.05, 4.69) is 37.4 Å². The highest BCUT2D eigenvalue weighted by atomic mass is 35.5. The van der Waals surface area contributed by atoms with E-state index in [1.54, 1.807) is 29.8 Å². The molecule has 35 heavy (non-hydrogen) atoms. The fraction of sp³-hybridized carbons (Fsp3) is 0.308. The molecular weight excluding hydrogens is 464 g/mol. The number of piperidine rings is 1. The molecule has 0 aliphatic carbocycles. The summed E-state index contributed by atoms with van der Waals surface area (Å²) in [7, 11) is 1.57. The molecular formula is C26H27ClN6O2. The summed E-state index contributed by atoms with van der Waals surface area (Å²) in [5.74, 6) is 1.83. The minimum absolute atomic E-state index is 0.0551. The van der Waals surface area contributed by atoms with Crippen molar-refractivity contribution in [3.63, 3.8) is 0 Å². The summed E-state index contributed by atoms with van der Waals surface area (Å²) in [4.78, 5) is 24.6. The third kappa shape index (κ3) is 4.79. The van der Waals surface area contributed by atoms with Crippen molar-refractivity contribution in [1.29, 1.82) is 0 Å². The number of aromatic nitrogens is 4. The Balaban J connectivity index is 1.45. The van der Waals surface area contributed by atoms with Crippen molar-refractivity contribution in [3.05, 3.63) is 76.7 Å². The fourth-order valence-electron chi connectivity index (χ4n) is 4.70. The Bertz CT molecular complexity index is 1360. The van der Waals surface area contributed by atoms with Crippen molar-refractivity contribution in [2.75, 3.05) is 30.4 Å². The number of ether oxygens (including phenoxy) is 1. The number of amides is 1. The molecule has 2 aromatic heterocycles. The van der Waals surface area contributed by atoms with Gasteiger partial charge in [0.05, 0.1) is 18.7 Å². The average Bonchev–Trinajstić information content (AvgIpc) is 3.33. The molecule has 2 aromatic carbocycles. The zero-order chi connectivity index (χ0) is 24.4. The molecule has 9 heteroatoms. The van der Waals surface area contributed by atoms with Crippen molar-refractivity contribution in [1.82, 2.24) is 19.6 Å². The summed E-state index contributed by atoms with van der Waals surface area (Å²) in [6.45, 7) is 3.40. The maximum Gasteiger partial charge on any atom is 0.254 e. The summed E-state index contributed by atoms with van der Waals surface area (Å²) in [6.07, 6.45) is 3.92. The van der Waals surface area contributed by atoms with E-state index in [9.17, 15) is 4.79 Å². The topological polar surface area (TPSA) is 84.6 Å². The maximum atomic E-state index is 13.3. The van der Waals surface area contributed by atoms with E-state index in [0.717, 1.165) is 42.9 Å². The lowest BCUT2D eigenvalue weighted by atomic mass is 9.95. The molecule has 1 aliphatic heterocycles. The van der Waals surface area contributed by atoms with Gasteiger partial charge in [-0.15, -0.1) is 0 Å². The number of hydrogen-bond acceptors (Lipinski definition) is 6. The summed E-state index contributed by atoms with van der Waals surface area (Å²) in [5.41, 5.74) is 3.77. The number of nitrogens with zero attached hydrogens (tertiary/aromatic N) is 5. The van der Waals surface area contributed by atoms with Gasteiger partial charge in [0.15, 0.2) is 0 Å². The Kier molecular flexibility index (Phi) is 6.55. The van der Waals surface area contributed by atoms with Crippen LogP contribution in [-0.2, 0) is 11.2 Å². The van der Waals surface area contributed by atoms with Crippen LogP contribution in [0.15, 0.2) is 54.9 Å². The molecule has 0 saturated carbocycles. The second kappa shape index (κ2) is 9.92. The third-order valence-electron chi connectivity index (χ3n) is 6.44. The number of methoxy groups -OCH3 is 1. The first-order chi connectivity index (χ1) is 17.0. The van der Waals surface area contributed by atoms with Crippen molar-refractivity contribution in [2.24, 2.45) is 5.92 Å². The van der Waals surface area contributed by atoms with Crippen LogP contribution in [0.4, 0.5) is 11.5 Å². The quantitative estimate of drug-likeness (QED) is 0.427. The summed E-state index contributed by atoms with van der Waals surface area (Å²) in [5, 5.41) is 8.04. The van der Waals surface area contributed by atoms with Crippen LogP contribution in [0.1, 0.15) is 29.7 Å². The highest BCUT2D eigenvalue weighted by Crippen LogP contribution is 2.32. The molecule has 1 unspecified atom stereocenters. The number of anilines is 2. The predicted octanol–water partition coefficient (Wildman–Crippen LogP) is 4.54. The Morgan fingerprint density at radius 2 is 2.06 bits per heavy atom. The number of aryl methyl sites for hydroxylation is 1. The minimum atomic E-state index is -0.205. The molecule has 1 amide bonds. The summed E-state index contributed by atoms with van der Waals surface area (Å²) in [6, 6.07) is 15.5. The Morgan fingerprint density at radius 3 is 2.86 bits per heavy atom. The molecule has 1 N–H and O–H groups in total. The molecule has 8 nitrogen and oxygen atoms in total. The lowest BCUT2D eigenvalue weighted by molar-refractivity contribution is -0.120. The number of rotatable bonds is 6. The molecule has 5 rings (SSSR count). The monoisotopic (exact) mass is 490 g/mol. The maximum absolute atomic E-state index is 13.3. The number of halogens is 1. The second-order valence-electron chi connectivity index (χ2n) is 8.75. The zero-order valence-electron chi connectivity index (χ0n) is 19.7. The van der Waals surface area contributed by atoms with Crippen molar-refractivity contribution in [2.45, 2.75) is 26.2 Å². The molecule has 1 fully saturated rings. The van der Waals surface area contributed by atoms with Gasteiger partial charge in [-0.2, -0.15) is 14.6 Å². The molecule has 180 valence electrons. The van der Waals surface area contributed by atoms with Crippen molar-refractivity contribution >= 4 is 34.8 Å². The van der Waals surface area contributed by atoms with Gasteiger partial charge in [-0.3, -0.25) is 4.79 Å². The van der Waals surface area contributed by atoms with Crippen LogP contribution in [0.25, 0.3) is 5.78 Å². The van der Waals surface area contributed by atoms with Crippen LogP contribution in [0.3, 0.4) is 0 Å². The van der Waals surface area contributed by atoms with Gasteiger partial charge in [0.25, 0.3) is 5.78 Å². The van der Waals surface area contributed by atoms with Gasteiger partial charge in [0.1, 0.15) is 17.9 Å². The number of carbonyl (C=O) groups excluding carboxylic acids is 1. The fourth-order valence-corrected chi connectivity index (χ4v) is 4.87. The first kappa shape index (κ1) is 23.1. The standard InChI is InChI=1S/C26H27ClN6O2/c1-17-21(13-18-7-4-3-5-8-18)25(33-26(30-17)28-16-29-33)32-12-6-9-19(15-32)24(34)31-22-14-20(27)10-11-23(22)35-2/h3-5,7-8,10-11,14,16,19H,6,9,12-13,15H2,1-2H3,(H,31,34). The first-order valence-electron chi connectivity index (χ1n) is 11.7. The van der Waals surface area contributed by atoms with Gasteiger partial charge in [-0.25, -0.2) is 4.98 Å². The molecule has 1 atom stereocenters. The molecule has 0 spiro atoms. The molecule has 1 aliphatic rings. The molecule has 4 aromatic rings. The van der Waals surface area contributed by atoms with Gasteiger partial charge in [0.2, 0.25) is 5.91 Å². The van der Waals surface area contributed by atoms with Gasteiger partial charge in [0, 0.05) is 35.8 Å². The minimum Gasteiger partial charge on any atom is -0.495 e. The number of carbonyl (C=O) groups is 1. The molecule has 1 saturated heterocycles. The number of hydrogen-bond donors (Lipinski definition) is 1. The lowest BCUT2D eigenvalue weighted by Gasteiger charge is -2.35. The molecule has 3 heterocycles. The Hall–Kier alpha value is -3.65. The van der Waals surface area contributed by atoms with E-state index < -0.39 is 0 Å². The second-order valence-corrected chi connectivity index (χ2v) is 9.19. The van der Waals surface area contributed by atoms with Crippen LogP contribution in [0.5, 0.6) is 5.75 Å². The summed E-state index contributed by atoms with van der Waals surface area (Å²) >= 11 is 6.15. The smallest absolute Gasteiger partial charge is 0.254 e. The van der Waals surface area contributed by atoms with E-state index >= 15 is 0 Å². The van der Waals surface area contributed by atoms with Crippen LogP contribution in [0, 0.1) is 12.8 Å². The van der Waals surface area contributed by atoms with Crippen LogP contribution in [-0.4, -0.2) is 45.7 Å². The van der Waals surface area contributed by atoms with Crippen molar-refractivity contribution in [3.8, 4) is 5.75 Å². The first-order valence-corrected chi connectivity index (χ1v) is 12.0. The van der Waals surface area contributed by atoms with Gasteiger partial charge < -0.3 is 15.0 Å². The van der Waals surface area contributed by atoms with Gasteiger partial charge in [-0.05, 0) is 43.5 Å². The highest BCUT2D eigenvalue weighted by Gasteiger charge is 2.30. The predicted molar refractivity (Wildman–Crippen MR) is 136 cm³/mol. The third-order valence-corrected chi connectivity index (χ3v) is 6.67. The van der Waals surface area contributed by atoms with E-state index in [1.165, 1.54) is 11.9 Å². The summed E-state index contributed by atoms with van der Waals surface area (Å²) < 4.78 is 7.19. The number of benzene rings is 2. The molecule has 0 radical (unpaired) electrons. The molecule has 0 bridgehead atoms. The van der Waals surface area contributed by atoms with E-state index in [-0.39, 0.29) is 11.8 Å². The van der Waals surface area contributed by atoms with Gasteiger partial charge >= 0.3 is 0 Å². The number of fused-ring (bicyclic) bond motifs is 1. The largest absolute Gasteiger partial charge is 0.495 e. The van der Waals surface area contributed by atoms with Crippen LogP contribution in [0.2, 0.25) is 5.02 Å². The van der Waals surface area contributed by atoms with Gasteiger partial charge in [-0.1, -0.05) is 41.9 Å². The van der Waals surface area contributed by atoms with Crippen LogP contribution >= 0.6 is 11.6 Å². The highest BCUT2D eigenvalue weighted by molar-refractivity contribution is 6.31.